The van der Waals surface area contributed by atoms with E-state index in [-0.39, 0.29) is 29.0 Å². The molecule has 3 heteroatoms. The van der Waals surface area contributed by atoms with Crippen LogP contribution in [0.4, 0.5) is 0 Å². The minimum atomic E-state index is -0.277. The molecule has 4 aliphatic carbocycles. The predicted molar refractivity (Wildman–Crippen MR) is 84.1 cm³/mol. The molecule has 4 rings (SSSR count). The smallest absolute Gasteiger partial charge is 0.136 e. The molecule has 0 radical (unpaired) electrons. The molecule has 0 heterocycles. The van der Waals surface area contributed by atoms with E-state index >= 15 is 0 Å². The van der Waals surface area contributed by atoms with Gasteiger partial charge in [0.1, 0.15) is 5.78 Å². The Balaban J connectivity index is 1.67. The van der Waals surface area contributed by atoms with Crippen LogP contribution in [0, 0.1) is 34.5 Å². The van der Waals surface area contributed by atoms with Crippen LogP contribution in [0.1, 0.15) is 65.2 Å². The number of Topliss-reactive ketones (excluding diaryl/α,β-unsaturated/α-hetero) is 1. The maximum Gasteiger partial charge on any atom is 0.136 e. The average molecular weight is 306 g/mol. The first-order chi connectivity index (χ1) is 10.3. The van der Waals surface area contributed by atoms with Gasteiger partial charge < -0.3 is 10.2 Å². The Kier molecular flexibility index (Phi) is 3.30. The maximum atomic E-state index is 12.8. The van der Waals surface area contributed by atoms with Gasteiger partial charge in [0.15, 0.2) is 0 Å². The molecule has 0 aromatic rings. The van der Waals surface area contributed by atoms with Gasteiger partial charge in [0.05, 0.1) is 12.2 Å². The lowest BCUT2D eigenvalue weighted by Gasteiger charge is -2.59. The Morgan fingerprint density at radius 1 is 1.00 bits per heavy atom. The molecular formula is C19H30O3. The van der Waals surface area contributed by atoms with Gasteiger partial charge in [-0.3, -0.25) is 4.79 Å². The molecule has 3 nitrogen and oxygen atoms in total. The fraction of sp³-hybridized carbons (Fsp3) is 0.947. The second-order valence-corrected chi connectivity index (χ2v) is 9.32. The van der Waals surface area contributed by atoms with Crippen molar-refractivity contribution in [1.29, 1.82) is 0 Å². The predicted octanol–water partition coefficient (Wildman–Crippen LogP) is 2.93. The maximum absolute atomic E-state index is 12.8. The van der Waals surface area contributed by atoms with Crippen LogP contribution < -0.4 is 0 Å². The first-order valence-electron chi connectivity index (χ1n) is 9.22. The fourth-order valence-electron chi connectivity index (χ4n) is 7.04. The second kappa shape index (κ2) is 4.80. The molecule has 0 spiro atoms. The van der Waals surface area contributed by atoms with Crippen molar-refractivity contribution in [2.75, 3.05) is 0 Å². The van der Waals surface area contributed by atoms with Crippen LogP contribution in [0.5, 0.6) is 0 Å². The topological polar surface area (TPSA) is 57.5 Å². The molecule has 0 amide bonds. The Labute approximate surface area is 133 Å². The first-order valence-corrected chi connectivity index (χ1v) is 9.22. The summed E-state index contributed by atoms with van der Waals surface area (Å²) in [6, 6.07) is 0. The lowest BCUT2D eigenvalue weighted by Crippen LogP contribution is -2.56. The van der Waals surface area contributed by atoms with Crippen LogP contribution in [-0.4, -0.2) is 28.2 Å². The molecule has 4 fully saturated rings. The molecule has 4 aliphatic rings. The molecule has 0 bridgehead atoms. The van der Waals surface area contributed by atoms with Crippen LogP contribution in [0.2, 0.25) is 0 Å². The van der Waals surface area contributed by atoms with Gasteiger partial charge in [0.25, 0.3) is 0 Å². The van der Waals surface area contributed by atoms with E-state index < -0.39 is 0 Å². The van der Waals surface area contributed by atoms with Crippen molar-refractivity contribution in [2.45, 2.75) is 77.4 Å². The Hall–Kier alpha value is -0.410. The number of aliphatic hydroxyl groups is 2. The van der Waals surface area contributed by atoms with Crippen LogP contribution in [-0.2, 0) is 4.79 Å². The summed E-state index contributed by atoms with van der Waals surface area (Å²) >= 11 is 0. The number of rotatable bonds is 0. The highest BCUT2D eigenvalue weighted by molar-refractivity contribution is 5.83. The highest BCUT2D eigenvalue weighted by Gasteiger charge is 2.61. The quantitative estimate of drug-likeness (QED) is 0.723. The Morgan fingerprint density at radius 3 is 2.55 bits per heavy atom. The van der Waals surface area contributed by atoms with Crippen molar-refractivity contribution in [3.05, 3.63) is 0 Å². The third-order valence-electron chi connectivity index (χ3n) is 8.18. The van der Waals surface area contributed by atoms with Crippen molar-refractivity contribution in [3.8, 4) is 0 Å². The molecule has 0 unspecified atom stereocenters. The zero-order valence-electron chi connectivity index (χ0n) is 13.9. The zero-order chi connectivity index (χ0) is 15.7. The molecule has 124 valence electrons. The summed E-state index contributed by atoms with van der Waals surface area (Å²) < 4.78 is 0. The highest BCUT2D eigenvalue weighted by atomic mass is 16.3. The van der Waals surface area contributed by atoms with Gasteiger partial charge in [-0.2, -0.15) is 0 Å². The summed E-state index contributed by atoms with van der Waals surface area (Å²) in [5, 5.41) is 20.2. The molecule has 0 aromatic carbocycles. The van der Waals surface area contributed by atoms with Crippen LogP contribution in [0.3, 0.4) is 0 Å². The van der Waals surface area contributed by atoms with E-state index in [0.29, 0.717) is 36.4 Å². The summed E-state index contributed by atoms with van der Waals surface area (Å²) in [7, 11) is 0. The minimum absolute atomic E-state index is 0.0770. The number of fused-ring (bicyclic) bond motifs is 5. The van der Waals surface area contributed by atoms with Crippen molar-refractivity contribution in [2.24, 2.45) is 34.5 Å². The Morgan fingerprint density at radius 2 is 1.77 bits per heavy atom. The van der Waals surface area contributed by atoms with Gasteiger partial charge >= 0.3 is 0 Å². The third-order valence-corrected chi connectivity index (χ3v) is 8.18. The van der Waals surface area contributed by atoms with E-state index in [2.05, 4.69) is 13.8 Å². The van der Waals surface area contributed by atoms with E-state index in [1.165, 1.54) is 12.8 Å². The number of hydrogen-bond donors (Lipinski definition) is 2. The third kappa shape index (κ3) is 1.97. The molecule has 0 saturated heterocycles. The molecule has 0 aromatic heterocycles. The monoisotopic (exact) mass is 306 g/mol. The average Bonchev–Trinajstić information content (AvgIpc) is 2.76. The SMILES string of the molecule is C[C@]12CC[C@H]3[C@@H](CC(=O)[C@H]4C[C@@H](O)CC[C@@]43C)[C@@H]1C[C@H](O)C2. The van der Waals surface area contributed by atoms with Crippen molar-refractivity contribution < 1.29 is 15.0 Å². The number of aliphatic hydroxyl groups excluding tert-OH is 2. The Bertz CT molecular complexity index is 489. The molecular weight excluding hydrogens is 276 g/mol. The second-order valence-electron chi connectivity index (χ2n) is 9.32. The normalized spacial score (nSPS) is 57.9. The summed E-state index contributed by atoms with van der Waals surface area (Å²) in [6.45, 7) is 4.67. The summed E-state index contributed by atoms with van der Waals surface area (Å²) in [6.07, 6.45) is 7.03. The van der Waals surface area contributed by atoms with Gasteiger partial charge in [-0.05, 0) is 73.5 Å². The number of carbonyl (C=O) groups is 1. The summed E-state index contributed by atoms with van der Waals surface area (Å²) in [5.41, 5.74) is 0.340. The van der Waals surface area contributed by atoms with E-state index in [0.717, 1.165) is 25.7 Å². The number of hydrogen-bond acceptors (Lipinski definition) is 3. The minimum Gasteiger partial charge on any atom is -0.393 e. The van der Waals surface area contributed by atoms with Gasteiger partial charge in [0, 0.05) is 12.3 Å². The highest BCUT2D eigenvalue weighted by Crippen LogP contribution is 2.65. The van der Waals surface area contributed by atoms with Crippen molar-refractivity contribution in [1.82, 2.24) is 0 Å². The largest absolute Gasteiger partial charge is 0.393 e. The molecule has 2 N–H and O–H groups in total. The lowest BCUT2D eigenvalue weighted by molar-refractivity contribution is -0.157. The molecule has 8 atom stereocenters. The van der Waals surface area contributed by atoms with E-state index in [9.17, 15) is 15.0 Å². The molecule has 22 heavy (non-hydrogen) atoms. The van der Waals surface area contributed by atoms with Gasteiger partial charge in [0.2, 0.25) is 0 Å². The molecule has 0 aliphatic heterocycles. The summed E-state index contributed by atoms with van der Waals surface area (Å²) in [4.78, 5) is 12.8. The van der Waals surface area contributed by atoms with Crippen molar-refractivity contribution in [3.63, 3.8) is 0 Å². The molecule has 4 saturated carbocycles. The van der Waals surface area contributed by atoms with E-state index in [1.807, 2.05) is 0 Å². The van der Waals surface area contributed by atoms with Gasteiger partial charge in [-0.1, -0.05) is 13.8 Å². The van der Waals surface area contributed by atoms with E-state index in [1.54, 1.807) is 0 Å². The number of carbonyl (C=O) groups excluding carboxylic acids is 1. The lowest BCUT2D eigenvalue weighted by atomic mass is 9.45. The number of ketones is 1. The fourth-order valence-corrected chi connectivity index (χ4v) is 7.04. The first kappa shape index (κ1) is 15.1. The van der Waals surface area contributed by atoms with Crippen LogP contribution in [0.15, 0.2) is 0 Å². The van der Waals surface area contributed by atoms with Gasteiger partial charge in [-0.25, -0.2) is 0 Å². The standard InChI is InChI=1S/C19H30O3/c1-18-5-4-14-13(15(18)8-12(21)10-18)9-17(22)16-7-11(20)3-6-19(14,16)2/h11-16,20-21H,3-10H2,1-2H3/t11-,12-,13+,14-,15-,16+,18+,19+/m0/s1. The van der Waals surface area contributed by atoms with Crippen LogP contribution >= 0.6 is 0 Å². The van der Waals surface area contributed by atoms with Gasteiger partial charge in [-0.15, -0.1) is 0 Å². The van der Waals surface area contributed by atoms with Crippen LogP contribution in [0.25, 0.3) is 0 Å². The zero-order valence-corrected chi connectivity index (χ0v) is 13.9. The summed E-state index contributed by atoms with van der Waals surface area (Å²) in [5.74, 6) is 2.09. The van der Waals surface area contributed by atoms with E-state index in [4.69, 9.17) is 0 Å². The van der Waals surface area contributed by atoms with Crippen molar-refractivity contribution >= 4 is 5.78 Å².